The van der Waals surface area contributed by atoms with Gasteiger partial charge >= 0.3 is 0 Å². The lowest BCUT2D eigenvalue weighted by Crippen LogP contribution is -2.31. The predicted molar refractivity (Wildman–Crippen MR) is 145 cm³/mol. The van der Waals surface area contributed by atoms with Crippen molar-refractivity contribution in [2.75, 3.05) is 27.4 Å². The van der Waals surface area contributed by atoms with Crippen molar-refractivity contribution in [2.24, 2.45) is 0 Å². The number of fused-ring (bicyclic) bond motifs is 2. The number of carbonyl (C=O) groups is 1. The van der Waals surface area contributed by atoms with Gasteiger partial charge in [0.25, 0.3) is 5.91 Å². The van der Waals surface area contributed by atoms with Gasteiger partial charge in [-0.05, 0) is 60.7 Å². The zero-order valence-electron chi connectivity index (χ0n) is 22.1. The summed E-state index contributed by atoms with van der Waals surface area (Å²) < 4.78 is 23.1. The number of benzene rings is 3. The number of aryl methyl sites for hydroxylation is 2. The monoisotopic (exact) mass is 513 g/mol. The van der Waals surface area contributed by atoms with Gasteiger partial charge < -0.3 is 23.5 Å². The van der Waals surface area contributed by atoms with E-state index >= 15 is 0 Å². The van der Waals surface area contributed by atoms with Crippen LogP contribution < -0.4 is 14.9 Å². The van der Waals surface area contributed by atoms with Crippen molar-refractivity contribution >= 4 is 16.9 Å². The highest BCUT2D eigenvalue weighted by molar-refractivity contribution is 5.99. The van der Waals surface area contributed by atoms with Crippen LogP contribution >= 0.6 is 0 Å². The van der Waals surface area contributed by atoms with E-state index in [-0.39, 0.29) is 17.1 Å². The Morgan fingerprint density at radius 3 is 2.47 bits per heavy atom. The molecule has 0 spiro atoms. The number of carbonyl (C=O) groups excluding carboxylic acids is 1. The minimum atomic E-state index is -0.618. The summed E-state index contributed by atoms with van der Waals surface area (Å²) in [6, 6.07) is 18.6. The SMILES string of the molecule is COCCCN1C(=O)c2oc3c(C)cc(C)cc3c(=O)c2C1c1ccc(OCc2ccccc2)c(OC)c1. The van der Waals surface area contributed by atoms with E-state index < -0.39 is 6.04 Å². The van der Waals surface area contributed by atoms with Gasteiger partial charge in [-0.3, -0.25) is 9.59 Å². The van der Waals surface area contributed by atoms with Gasteiger partial charge in [0.15, 0.2) is 16.9 Å². The van der Waals surface area contributed by atoms with Crippen molar-refractivity contribution in [2.45, 2.75) is 32.9 Å². The van der Waals surface area contributed by atoms with E-state index in [1.54, 1.807) is 19.1 Å². The van der Waals surface area contributed by atoms with E-state index in [0.29, 0.717) is 54.2 Å². The van der Waals surface area contributed by atoms with Crippen LogP contribution in [0.2, 0.25) is 0 Å². The molecule has 2 heterocycles. The highest BCUT2D eigenvalue weighted by atomic mass is 16.5. The zero-order valence-corrected chi connectivity index (χ0v) is 22.1. The molecule has 0 N–H and O–H groups in total. The number of nitrogens with zero attached hydrogens (tertiary/aromatic N) is 1. The third-order valence-corrected chi connectivity index (χ3v) is 6.89. The quantitative estimate of drug-likeness (QED) is 0.272. The van der Waals surface area contributed by atoms with Crippen molar-refractivity contribution in [3.8, 4) is 11.5 Å². The smallest absolute Gasteiger partial charge is 0.290 e. The van der Waals surface area contributed by atoms with E-state index in [2.05, 4.69) is 0 Å². The highest BCUT2D eigenvalue weighted by Gasteiger charge is 2.42. The molecule has 0 bridgehead atoms. The van der Waals surface area contributed by atoms with E-state index in [4.69, 9.17) is 18.6 Å². The molecule has 1 amide bonds. The van der Waals surface area contributed by atoms with Gasteiger partial charge in [-0.1, -0.05) is 42.5 Å². The molecule has 0 fully saturated rings. The van der Waals surface area contributed by atoms with Crippen molar-refractivity contribution in [3.63, 3.8) is 0 Å². The second kappa shape index (κ2) is 10.7. The first-order valence-electron chi connectivity index (χ1n) is 12.7. The molecule has 1 aliphatic heterocycles. The van der Waals surface area contributed by atoms with Gasteiger partial charge in [-0.2, -0.15) is 0 Å². The van der Waals surface area contributed by atoms with Crippen LogP contribution in [0.1, 0.15) is 50.8 Å². The minimum absolute atomic E-state index is 0.0974. The average molecular weight is 514 g/mol. The maximum absolute atomic E-state index is 13.9. The van der Waals surface area contributed by atoms with E-state index in [1.165, 1.54) is 0 Å². The molecule has 196 valence electrons. The summed E-state index contributed by atoms with van der Waals surface area (Å²) in [5.41, 5.74) is 4.18. The Kier molecular flexibility index (Phi) is 7.20. The maximum Gasteiger partial charge on any atom is 0.290 e. The van der Waals surface area contributed by atoms with E-state index in [9.17, 15) is 9.59 Å². The highest BCUT2D eigenvalue weighted by Crippen LogP contribution is 2.41. The first-order valence-corrected chi connectivity index (χ1v) is 12.7. The zero-order chi connectivity index (χ0) is 26.8. The molecule has 0 saturated carbocycles. The Morgan fingerprint density at radius 1 is 0.947 bits per heavy atom. The summed E-state index contributed by atoms with van der Waals surface area (Å²) in [6.07, 6.45) is 0.619. The predicted octanol–water partition coefficient (Wildman–Crippen LogP) is 5.58. The minimum Gasteiger partial charge on any atom is -0.493 e. The summed E-state index contributed by atoms with van der Waals surface area (Å²) >= 11 is 0. The van der Waals surface area contributed by atoms with Crippen LogP contribution in [-0.2, 0) is 11.3 Å². The fourth-order valence-corrected chi connectivity index (χ4v) is 5.14. The lowest BCUT2D eigenvalue weighted by atomic mass is 9.97. The van der Waals surface area contributed by atoms with Crippen molar-refractivity contribution in [1.29, 1.82) is 0 Å². The number of rotatable bonds is 9. The van der Waals surface area contributed by atoms with Crippen LogP contribution in [-0.4, -0.2) is 38.2 Å². The van der Waals surface area contributed by atoms with E-state index in [0.717, 1.165) is 22.3 Å². The Hall–Kier alpha value is -4.10. The molecule has 7 nitrogen and oxygen atoms in total. The third kappa shape index (κ3) is 4.65. The van der Waals surface area contributed by atoms with Crippen LogP contribution in [0.5, 0.6) is 11.5 Å². The lowest BCUT2D eigenvalue weighted by Gasteiger charge is -2.25. The second-order valence-electron chi connectivity index (χ2n) is 9.56. The molecule has 1 atom stereocenters. The Balaban J connectivity index is 1.59. The van der Waals surface area contributed by atoms with Crippen LogP contribution in [0, 0.1) is 13.8 Å². The third-order valence-electron chi connectivity index (χ3n) is 6.89. The first-order chi connectivity index (χ1) is 18.4. The second-order valence-corrected chi connectivity index (χ2v) is 9.56. The van der Waals surface area contributed by atoms with Crippen molar-refractivity contribution < 1.29 is 23.4 Å². The normalized spacial score (nSPS) is 14.7. The van der Waals surface area contributed by atoms with Crippen LogP contribution in [0.15, 0.2) is 69.9 Å². The molecule has 0 radical (unpaired) electrons. The molecule has 5 rings (SSSR count). The molecule has 7 heteroatoms. The van der Waals surface area contributed by atoms with Gasteiger partial charge in [-0.15, -0.1) is 0 Å². The van der Waals surface area contributed by atoms with Crippen LogP contribution in [0.25, 0.3) is 11.0 Å². The van der Waals surface area contributed by atoms with Crippen LogP contribution in [0.3, 0.4) is 0 Å². The van der Waals surface area contributed by atoms with Crippen LogP contribution in [0.4, 0.5) is 0 Å². The summed E-state index contributed by atoms with van der Waals surface area (Å²) in [7, 11) is 3.20. The molecule has 1 aromatic heterocycles. The Bertz CT molecular complexity index is 1540. The summed E-state index contributed by atoms with van der Waals surface area (Å²) in [4.78, 5) is 29.2. The Labute approximate surface area is 221 Å². The summed E-state index contributed by atoms with van der Waals surface area (Å²) in [6.45, 7) is 5.11. The number of amides is 1. The molecular weight excluding hydrogens is 482 g/mol. The number of hydrogen-bond donors (Lipinski definition) is 0. The number of methoxy groups -OCH3 is 2. The molecule has 4 aromatic rings. The molecule has 38 heavy (non-hydrogen) atoms. The summed E-state index contributed by atoms with van der Waals surface area (Å²) in [5, 5.41) is 0.479. The molecule has 1 unspecified atom stereocenters. The van der Waals surface area contributed by atoms with Gasteiger partial charge in [0.2, 0.25) is 5.76 Å². The molecular formula is C31H31NO6. The standard InChI is InChI=1S/C31H31NO6/c1-19-15-20(2)29-23(16-19)28(33)26-27(32(13-8-14-35-3)31(34)30(26)38-29)22-11-12-24(25(17-22)36-4)37-18-21-9-6-5-7-10-21/h5-7,9-12,15-17,27H,8,13-14,18H2,1-4H3. The molecule has 0 saturated heterocycles. The van der Waals surface area contributed by atoms with Gasteiger partial charge in [0, 0.05) is 20.3 Å². The van der Waals surface area contributed by atoms with Gasteiger partial charge in [0.1, 0.15) is 12.2 Å². The van der Waals surface area contributed by atoms with Gasteiger partial charge in [0.05, 0.1) is 24.1 Å². The van der Waals surface area contributed by atoms with Crippen molar-refractivity contribution in [3.05, 3.63) is 104 Å². The van der Waals surface area contributed by atoms with E-state index in [1.807, 2.05) is 74.5 Å². The maximum atomic E-state index is 13.9. The van der Waals surface area contributed by atoms with Crippen molar-refractivity contribution in [1.82, 2.24) is 4.90 Å². The first kappa shape index (κ1) is 25.5. The Morgan fingerprint density at radius 2 is 1.74 bits per heavy atom. The molecule has 0 aliphatic carbocycles. The average Bonchev–Trinajstić information content (AvgIpc) is 3.20. The topological polar surface area (TPSA) is 78.2 Å². The lowest BCUT2D eigenvalue weighted by molar-refractivity contribution is 0.0707. The van der Waals surface area contributed by atoms with Gasteiger partial charge in [-0.25, -0.2) is 0 Å². The molecule has 1 aliphatic rings. The number of hydrogen-bond acceptors (Lipinski definition) is 6. The number of ether oxygens (including phenoxy) is 3. The fraction of sp³-hybridized carbons (Fsp3) is 0.290. The fourth-order valence-electron chi connectivity index (χ4n) is 5.14. The summed E-state index contributed by atoms with van der Waals surface area (Å²) in [5.74, 6) is 0.893. The largest absolute Gasteiger partial charge is 0.493 e. The molecule has 3 aromatic carbocycles.